The van der Waals surface area contributed by atoms with Crippen LogP contribution in [0.15, 0.2) is 24.3 Å². The SMILES string of the molecule is Cc1nc(C)n(Cc2cccc(NC(=O)C3CC4CCCC(C3)C4N)c2)n1. The van der Waals surface area contributed by atoms with Crippen molar-refractivity contribution in [3.63, 3.8) is 0 Å². The summed E-state index contributed by atoms with van der Waals surface area (Å²) >= 11 is 0. The molecule has 6 nitrogen and oxygen atoms in total. The Labute approximate surface area is 160 Å². The van der Waals surface area contributed by atoms with Gasteiger partial charge in [-0.1, -0.05) is 18.6 Å². The normalized spacial score (nSPS) is 27.4. The fourth-order valence-electron chi connectivity index (χ4n) is 4.88. The van der Waals surface area contributed by atoms with Gasteiger partial charge in [-0.25, -0.2) is 9.67 Å². The highest BCUT2D eigenvalue weighted by atomic mass is 16.1. The summed E-state index contributed by atoms with van der Waals surface area (Å²) in [6, 6.07) is 8.31. The maximum atomic E-state index is 12.9. The van der Waals surface area contributed by atoms with E-state index in [9.17, 15) is 4.79 Å². The summed E-state index contributed by atoms with van der Waals surface area (Å²) in [6.45, 7) is 4.50. The lowest BCUT2D eigenvalue weighted by Crippen LogP contribution is -2.48. The second kappa shape index (κ2) is 7.43. The number of benzene rings is 1. The zero-order valence-corrected chi connectivity index (χ0v) is 16.2. The van der Waals surface area contributed by atoms with Crippen LogP contribution in [0.5, 0.6) is 0 Å². The molecule has 3 N–H and O–H groups in total. The Morgan fingerprint density at radius 3 is 2.67 bits per heavy atom. The molecule has 2 aliphatic rings. The maximum absolute atomic E-state index is 12.9. The zero-order chi connectivity index (χ0) is 19.0. The first-order valence-corrected chi connectivity index (χ1v) is 10.0. The molecule has 4 rings (SSSR count). The Morgan fingerprint density at radius 2 is 2.00 bits per heavy atom. The van der Waals surface area contributed by atoms with Gasteiger partial charge in [-0.15, -0.1) is 0 Å². The van der Waals surface area contributed by atoms with Crippen LogP contribution in [0.3, 0.4) is 0 Å². The summed E-state index contributed by atoms with van der Waals surface area (Å²) in [5.41, 5.74) is 8.32. The highest BCUT2D eigenvalue weighted by Gasteiger charge is 2.40. The van der Waals surface area contributed by atoms with Gasteiger partial charge in [0, 0.05) is 17.6 Å². The van der Waals surface area contributed by atoms with Crippen LogP contribution in [0, 0.1) is 31.6 Å². The first-order chi connectivity index (χ1) is 13.0. The minimum atomic E-state index is 0.0870. The molecule has 1 heterocycles. The standard InChI is InChI=1S/C21H29N5O/c1-13-23-14(2)26(25-13)12-15-5-3-8-19(9-15)24-21(27)18-10-16-6-4-7-17(11-18)20(16)22/h3,5,8-9,16-18,20H,4,6-7,10-12,22H2,1-2H3,(H,24,27). The van der Waals surface area contributed by atoms with Crippen molar-refractivity contribution in [1.82, 2.24) is 14.8 Å². The number of nitrogens with one attached hydrogen (secondary N) is 1. The Morgan fingerprint density at radius 1 is 1.26 bits per heavy atom. The van der Waals surface area contributed by atoms with E-state index in [1.807, 2.05) is 36.7 Å². The third-order valence-corrected chi connectivity index (χ3v) is 6.27. The van der Waals surface area contributed by atoms with Gasteiger partial charge in [0.25, 0.3) is 0 Å². The Bertz CT molecular complexity index is 816. The second-order valence-corrected chi connectivity index (χ2v) is 8.25. The third-order valence-electron chi connectivity index (χ3n) is 6.27. The van der Waals surface area contributed by atoms with Crippen molar-refractivity contribution in [3.8, 4) is 0 Å². The molecule has 0 saturated heterocycles. The Hall–Kier alpha value is -2.21. The van der Waals surface area contributed by atoms with Gasteiger partial charge in [-0.05, 0) is 69.1 Å². The summed E-state index contributed by atoms with van der Waals surface area (Å²) in [7, 11) is 0. The minimum Gasteiger partial charge on any atom is -0.327 e. The average molecular weight is 367 g/mol. The number of aromatic nitrogens is 3. The van der Waals surface area contributed by atoms with E-state index in [4.69, 9.17) is 5.73 Å². The van der Waals surface area contributed by atoms with Gasteiger partial charge < -0.3 is 11.1 Å². The highest BCUT2D eigenvalue weighted by Crippen LogP contribution is 2.42. The van der Waals surface area contributed by atoms with Crippen LogP contribution in [-0.4, -0.2) is 26.7 Å². The average Bonchev–Trinajstić information content (AvgIpc) is 2.92. The largest absolute Gasteiger partial charge is 0.327 e. The molecule has 1 aromatic carbocycles. The molecule has 1 aromatic heterocycles. The van der Waals surface area contributed by atoms with Gasteiger partial charge in [0.1, 0.15) is 11.6 Å². The van der Waals surface area contributed by atoms with E-state index in [0.29, 0.717) is 24.4 Å². The van der Waals surface area contributed by atoms with Crippen molar-refractivity contribution in [1.29, 1.82) is 0 Å². The number of aryl methyl sites for hydroxylation is 2. The number of carbonyl (C=O) groups excluding carboxylic acids is 1. The molecule has 2 unspecified atom stereocenters. The fraction of sp³-hybridized carbons (Fsp3) is 0.571. The van der Waals surface area contributed by atoms with E-state index in [2.05, 4.69) is 21.5 Å². The number of rotatable bonds is 4. The topological polar surface area (TPSA) is 85.8 Å². The van der Waals surface area contributed by atoms with Gasteiger partial charge in [-0.2, -0.15) is 5.10 Å². The van der Waals surface area contributed by atoms with Gasteiger partial charge in [0.05, 0.1) is 6.54 Å². The first-order valence-electron chi connectivity index (χ1n) is 10.0. The predicted molar refractivity (Wildman–Crippen MR) is 105 cm³/mol. The van der Waals surface area contributed by atoms with Crippen LogP contribution < -0.4 is 11.1 Å². The summed E-state index contributed by atoms with van der Waals surface area (Å²) in [5.74, 6) is 2.92. The molecule has 2 aliphatic carbocycles. The number of fused-ring (bicyclic) bond motifs is 2. The first kappa shape index (κ1) is 18.2. The second-order valence-electron chi connectivity index (χ2n) is 8.25. The van der Waals surface area contributed by atoms with Crippen molar-refractivity contribution in [3.05, 3.63) is 41.5 Å². The molecule has 2 fully saturated rings. The fourth-order valence-corrected chi connectivity index (χ4v) is 4.88. The molecular weight excluding hydrogens is 338 g/mol. The van der Waals surface area contributed by atoms with Gasteiger partial charge in [-0.3, -0.25) is 4.79 Å². The van der Waals surface area contributed by atoms with Crippen LogP contribution >= 0.6 is 0 Å². The number of anilines is 1. The van der Waals surface area contributed by atoms with Crippen molar-refractivity contribution < 1.29 is 4.79 Å². The van der Waals surface area contributed by atoms with E-state index < -0.39 is 0 Å². The van der Waals surface area contributed by atoms with E-state index in [1.54, 1.807) is 0 Å². The molecule has 0 spiro atoms. The van der Waals surface area contributed by atoms with Crippen LogP contribution in [0.25, 0.3) is 0 Å². The Kier molecular flexibility index (Phi) is 5.00. The van der Waals surface area contributed by atoms with Gasteiger partial charge in [0.2, 0.25) is 5.91 Å². The molecule has 6 heteroatoms. The van der Waals surface area contributed by atoms with Crippen molar-refractivity contribution in [2.75, 3.05) is 5.32 Å². The molecule has 2 saturated carbocycles. The van der Waals surface area contributed by atoms with Crippen LogP contribution in [0.2, 0.25) is 0 Å². The highest BCUT2D eigenvalue weighted by molar-refractivity contribution is 5.92. The van der Waals surface area contributed by atoms with Gasteiger partial charge >= 0.3 is 0 Å². The molecule has 2 atom stereocenters. The molecule has 0 radical (unpaired) electrons. The predicted octanol–water partition coefficient (Wildman–Crippen LogP) is 3.04. The minimum absolute atomic E-state index is 0.0870. The van der Waals surface area contributed by atoms with E-state index in [1.165, 1.54) is 19.3 Å². The molecule has 2 bridgehead atoms. The lowest BCUT2D eigenvalue weighted by molar-refractivity contribution is -0.122. The third kappa shape index (κ3) is 3.90. The molecule has 27 heavy (non-hydrogen) atoms. The molecule has 144 valence electrons. The number of nitrogens with two attached hydrogens (primary N) is 1. The summed E-state index contributed by atoms with van der Waals surface area (Å²) < 4.78 is 1.89. The lowest BCUT2D eigenvalue weighted by Gasteiger charge is -2.43. The monoisotopic (exact) mass is 367 g/mol. The molecular formula is C21H29N5O. The summed E-state index contributed by atoms with van der Waals surface area (Å²) in [4.78, 5) is 17.2. The maximum Gasteiger partial charge on any atom is 0.227 e. The number of nitrogens with zero attached hydrogens (tertiary/aromatic N) is 3. The number of carbonyl (C=O) groups is 1. The van der Waals surface area contributed by atoms with Crippen molar-refractivity contribution >= 4 is 11.6 Å². The molecule has 0 aliphatic heterocycles. The molecule has 1 amide bonds. The van der Waals surface area contributed by atoms with E-state index in [0.717, 1.165) is 35.7 Å². The summed E-state index contributed by atoms with van der Waals surface area (Å²) in [5, 5.41) is 7.55. The van der Waals surface area contributed by atoms with Crippen LogP contribution in [0.4, 0.5) is 5.69 Å². The lowest BCUT2D eigenvalue weighted by atomic mass is 9.65. The van der Waals surface area contributed by atoms with Crippen molar-refractivity contribution in [2.45, 2.75) is 58.5 Å². The number of hydrogen-bond donors (Lipinski definition) is 2. The van der Waals surface area contributed by atoms with Crippen LogP contribution in [0.1, 0.15) is 49.3 Å². The number of amides is 1. The van der Waals surface area contributed by atoms with E-state index in [-0.39, 0.29) is 11.8 Å². The van der Waals surface area contributed by atoms with Crippen molar-refractivity contribution in [2.24, 2.45) is 23.5 Å². The van der Waals surface area contributed by atoms with Gasteiger partial charge in [0.15, 0.2) is 0 Å². The molecule has 2 aromatic rings. The smallest absolute Gasteiger partial charge is 0.227 e. The summed E-state index contributed by atoms with van der Waals surface area (Å²) in [6.07, 6.45) is 5.48. The number of hydrogen-bond acceptors (Lipinski definition) is 4. The van der Waals surface area contributed by atoms with Crippen LogP contribution in [-0.2, 0) is 11.3 Å². The quantitative estimate of drug-likeness (QED) is 0.870. The Balaban J connectivity index is 1.42. The van der Waals surface area contributed by atoms with E-state index >= 15 is 0 Å². The zero-order valence-electron chi connectivity index (χ0n) is 16.2.